The molecule has 0 unspecified atom stereocenters. The monoisotopic (exact) mass is 315 g/mol. The van der Waals surface area contributed by atoms with E-state index in [9.17, 15) is 9.59 Å². The van der Waals surface area contributed by atoms with Crippen molar-refractivity contribution in [1.82, 2.24) is 5.32 Å². The minimum Gasteiger partial charge on any atom is -0.444 e. The number of carbonyl (C=O) groups is 2. The van der Waals surface area contributed by atoms with Gasteiger partial charge in [0, 0.05) is 22.6 Å². The first kappa shape index (κ1) is 13.6. The smallest absolute Gasteiger partial charge is 0.408 e. The zero-order valence-corrected chi connectivity index (χ0v) is 10.5. The molecule has 0 spiro atoms. The first-order valence-electron chi connectivity index (χ1n) is 4.06. The molecule has 0 saturated carbocycles. The van der Waals surface area contributed by atoms with Gasteiger partial charge in [-0.25, -0.2) is 4.79 Å². The van der Waals surface area contributed by atoms with Crippen LogP contribution < -0.4 is 5.32 Å². The summed E-state index contributed by atoms with van der Waals surface area (Å²) in [6.45, 7) is 4.71. The van der Waals surface area contributed by atoms with Gasteiger partial charge >= 0.3 is 6.09 Å². The predicted octanol–water partition coefficient (Wildman–Crippen LogP) is 0.834. The molecule has 0 fully saturated rings. The first-order valence-corrected chi connectivity index (χ1v) is 5.14. The molecule has 0 aliphatic heterocycles. The molecule has 0 aromatic carbocycles. The van der Waals surface area contributed by atoms with Crippen LogP contribution in [0, 0.1) is 0 Å². The predicted molar refractivity (Wildman–Crippen MR) is 59.3 cm³/mol. The highest BCUT2D eigenvalue weighted by molar-refractivity contribution is 14.1. The van der Waals surface area contributed by atoms with Crippen LogP contribution in [0.3, 0.4) is 0 Å². The topological polar surface area (TPSA) is 75.6 Å². The van der Waals surface area contributed by atoms with E-state index < -0.39 is 24.3 Å². The Balaban J connectivity index is 4.11. The Morgan fingerprint density at radius 2 is 2.00 bits per heavy atom. The lowest BCUT2D eigenvalue weighted by atomic mass is 10.2. The summed E-state index contributed by atoms with van der Waals surface area (Å²) in [5.41, 5.74) is -0.613. The van der Waals surface area contributed by atoms with Crippen molar-refractivity contribution >= 4 is 32.5 Å². The number of aliphatic hydroxyl groups excluding tert-OH is 1. The van der Waals surface area contributed by atoms with E-state index >= 15 is 0 Å². The van der Waals surface area contributed by atoms with Gasteiger partial charge in [-0.1, -0.05) is 0 Å². The molecule has 0 radical (unpaired) electrons. The van der Waals surface area contributed by atoms with Gasteiger partial charge < -0.3 is 15.2 Å². The number of ether oxygens (including phenoxy) is 1. The molecule has 0 aliphatic carbocycles. The van der Waals surface area contributed by atoms with Crippen LogP contribution in [0.2, 0.25) is 0 Å². The summed E-state index contributed by atoms with van der Waals surface area (Å²) in [6.07, 6.45) is -0.707. The Labute approximate surface area is 96.3 Å². The van der Waals surface area contributed by atoms with Crippen molar-refractivity contribution in [3.05, 3.63) is 0 Å². The molecule has 0 aromatic heterocycles. The van der Waals surface area contributed by atoms with Gasteiger partial charge in [0.05, 0.1) is 6.61 Å². The van der Waals surface area contributed by atoms with Crippen molar-refractivity contribution in [3.63, 3.8) is 0 Å². The Hall–Kier alpha value is -0.370. The fraction of sp³-hybridized carbons (Fsp3) is 0.750. The minimum atomic E-state index is -0.898. The summed E-state index contributed by atoms with van der Waals surface area (Å²) in [5.74, 6) is 0. The van der Waals surface area contributed by atoms with Crippen molar-refractivity contribution < 1.29 is 19.4 Å². The molecular weight excluding hydrogens is 301 g/mol. The number of hydrogen-bond acceptors (Lipinski definition) is 4. The second-order valence-electron chi connectivity index (χ2n) is 3.69. The Bertz CT molecular complexity index is 224. The van der Waals surface area contributed by atoms with E-state index in [-0.39, 0.29) is 3.79 Å². The van der Waals surface area contributed by atoms with Crippen molar-refractivity contribution in [2.75, 3.05) is 6.61 Å². The van der Waals surface area contributed by atoms with Crippen LogP contribution >= 0.6 is 22.6 Å². The number of carbonyl (C=O) groups excluding carboxylic acids is 2. The van der Waals surface area contributed by atoms with Gasteiger partial charge in [0.1, 0.15) is 11.6 Å². The standard InChI is InChI=1S/C8H14INO4/c1-8(2,3)14-7(13)10-5(4-11)6(9)12/h5,11H,4H2,1-3H3,(H,10,13)/t5-/m0/s1. The normalized spacial score (nSPS) is 13.2. The van der Waals surface area contributed by atoms with Crippen LogP contribution in [0.15, 0.2) is 0 Å². The molecule has 0 heterocycles. The van der Waals surface area contributed by atoms with Gasteiger partial charge in [-0.15, -0.1) is 0 Å². The molecule has 5 nitrogen and oxygen atoms in total. The molecule has 2 N–H and O–H groups in total. The van der Waals surface area contributed by atoms with Crippen molar-refractivity contribution in [2.24, 2.45) is 0 Å². The number of alkyl carbamates (subject to hydrolysis) is 1. The number of aliphatic hydroxyl groups is 1. The van der Waals surface area contributed by atoms with E-state index in [1.165, 1.54) is 22.6 Å². The average Bonchev–Trinajstić information content (AvgIpc) is 1.96. The van der Waals surface area contributed by atoms with E-state index in [0.717, 1.165) is 0 Å². The lowest BCUT2D eigenvalue weighted by Crippen LogP contribution is -2.43. The van der Waals surface area contributed by atoms with Crippen LogP contribution in [0.5, 0.6) is 0 Å². The largest absolute Gasteiger partial charge is 0.444 e. The second kappa shape index (κ2) is 5.50. The Kier molecular flexibility index (Phi) is 5.35. The van der Waals surface area contributed by atoms with Crippen LogP contribution in [0.4, 0.5) is 4.79 Å². The third kappa shape index (κ3) is 6.14. The van der Waals surface area contributed by atoms with Crippen molar-refractivity contribution in [1.29, 1.82) is 0 Å². The summed E-state index contributed by atoms with van der Waals surface area (Å²) in [5, 5.41) is 11.0. The number of hydrogen-bond donors (Lipinski definition) is 2. The van der Waals surface area contributed by atoms with E-state index in [2.05, 4.69) is 5.32 Å². The van der Waals surface area contributed by atoms with Gasteiger partial charge in [-0.2, -0.15) is 0 Å². The van der Waals surface area contributed by atoms with Crippen LogP contribution in [-0.4, -0.2) is 33.2 Å². The van der Waals surface area contributed by atoms with Gasteiger partial charge in [0.15, 0.2) is 0 Å². The van der Waals surface area contributed by atoms with Gasteiger partial charge in [0.2, 0.25) is 3.79 Å². The molecule has 0 saturated heterocycles. The second-order valence-corrected chi connectivity index (χ2v) is 4.75. The maximum absolute atomic E-state index is 11.1. The summed E-state index contributed by atoms with van der Waals surface area (Å²) in [6, 6.07) is -0.898. The van der Waals surface area contributed by atoms with E-state index in [1.54, 1.807) is 20.8 Å². The highest BCUT2D eigenvalue weighted by Crippen LogP contribution is 2.07. The number of halogens is 1. The maximum atomic E-state index is 11.1. The molecular formula is C8H14INO4. The molecule has 0 rings (SSSR count). The van der Waals surface area contributed by atoms with Crippen molar-refractivity contribution in [3.8, 4) is 0 Å². The SMILES string of the molecule is CC(C)(C)OC(=O)N[C@@H](CO)C(=O)I. The van der Waals surface area contributed by atoms with Gasteiger partial charge in [-0.05, 0) is 20.8 Å². The summed E-state index contributed by atoms with van der Waals surface area (Å²) < 4.78 is 4.57. The minimum absolute atomic E-state index is 0.337. The highest BCUT2D eigenvalue weighted by atomic mass is 127. The third-order valence-corrected chi connectivity index (χ3v) is 1.90. The molecule has 0 aliphatic rings. The van der Waals surface area contributed by atoms with Gasteiger partial charge in [-0.3, -0.25) is 4.79 Å². The van der Waals surface area contributed by atoms with Gasteiger partial charge in [0.25, 0.3) is 0 Å². The third-order valence-electron chi connectivity index (χ3n) is 1.15. The molecule has 14 heavy (non-hydrogen) atoms. The number of rotatable bonds is 3. The Morgan fingerprint density at radius 3 is 2.29 bits per heavy atom. The number of nitrogens with one attached hydrogen (secondary N) is 1. The fourth-order valence-electron chi connectivity index (χ4n) is 0.624. The zero-order chi connectivity index (χ0) is 11.4. The molecule has 1 amide bonds. The highest BCUT2D eigenvalue weighted by Gasteiger charge is 2.21. The lowest BCUT2D eigenvalue weighted by molar-refractivity contribution is -0.112. The van der Waals surface area contributed by atoms with E-state index in [1.807, 2.05) is 0 Å². The van der Waals surface area contributed by atoms with Crippen molar-refractivity contribution in [2.45, 2.75) is 32.4 Å². The molecule has 82 valence electrons. The quantitative estimate of drug-likeness (QED) is 0.598. The van der Waals surface area contributed by atoms with E-state index in [0.29, 0.717) is 0 Å². The summed E-state index contributed by atoms with van der Waals surface area (Å²) >= 11 is 1.51. The fourth-order valence-corrected chi connectivity index (χ4v) is 0.977. The summed E-state index contributed by atoms with van der Waals surface area (Å²) in [7, 11) is 0. The number of amides is 1. The molecule has 6 heteroatoms. The van der Waals surface area contributed by atoms with Crippen LogP contribution in [-0.2, 0) is 9.53 Å². The maximum Gasteiger partial charge on any atom is 0.408 e. The lowest BCUT2D eigenvalue weighted by Gasteiger charge is -2.21. The van der Waals surface area contributed by atoms with E-state index in [4.69, 9.17) is 9.84 Å². The molecule has 0 bridgehead atoms. The Morgan fingerprint density at radius 1 is 1.50 bits per heavy atom. The molecule has 1 atom stereocenters. The van der Waals surface area contributed by atoms with Crippen LogP contribution in [0.25, 0.3) is 0 Å². The zero-order valence-electron chi connectivity index (χ0n) is 8.33. The first-order chi connectivity index (χ1) is 6.26. The average molecular weight is 315 g/mol. The summed E-state index contributed by atoms with van der Waals surface area (Å²) in [4.78, 5) is 22.0. The molecule has 0 aromatic rings. The van der Waals surface area contributed by atoms with Crippen LogP contribution in [0.1, 0.15) is 20.8 Å².